The van der Waals surface area contributed by atoms with Gasteiger partial charge in [0.2, 0.25) is 0 Å². The maximum Gasteiger partial charge on any atom is 0.197 e. The maximum absolute atomic E-state index is 5.75. The van der Waals surface area contributed by atoms with Crippen LogP contribution in [0.1, 0.15) is 6.92 Å². The third-order valence-electron chi connectivity index (χ3n) is 2.49. The molecule has 2 rings (SSSR count). The normalized spacial score (nSPS) is 21.7. The molecule has 0 amide bonds. The molecule has 84 valence electrons. The molecular formula is C9H15N3OS2. The van der Waals surface area contributed by atoms with Gasteiger partial charge in [0.15, 0.2) is 16.6 Å². The van der Waals surface area contributed by atoms with Crippen molar-refractivity contribution >= 4 is 34.1 Å². The van der Waals surface area contributed by atoms with Crippen molar-refractivity contribution in [2.75, 3.05) is 35.8 Å². The fourth-order valence-corrected chi connectivity index (χ4v) is 3.62. The Labute approximate surface area is 98.0 Å². The molecule has 2 heterocycles. The van der Waals surface area contributed by atoms with E-state index in [4.69, 9.17) is 10.5 Å². The van der Waals surface area contributed by atoms with Crippen LogP contribution < -0.4 is 15.4 Å². The number of nitrogens with zero attached hydrogens (tertiary/aromatic N) is 2. The fourth-order valence-electron chi connectivity index (χ4n) is 1.69. The van der Waals surface area contributed by atoms with E-state index in [2.05, 4.69) is 16.2 Å². The van der Waals surface area contributed by atoms with Gasteiger partial charge in [-0.05, 0) is 18.5 Å². The van der Waals surface area contributed by atoms with Gasteiger partial charge in [-0.25, -0.2) is 0 Å². The van der Waals surface area contributed by atoms with Gasteiger partial charge < -0.3 is 15.4 Å². The van der Waals surface area contributed by atoms with Crippen LogP contribution in [0.3, 0.4) is 0 Å². The number of anilines is 2. The van der Waals surface area contributed by atoms with Crippen molar-refractivity contribution in [3.8, 4) is 5.75 Å². The molecule has 1 saturated heterocycles. The van der Waals surface area contributed by atoms with E-state index in [-0.39, 0.29) is 0 Å². The minimum absolute atomic E-state index is 0.503. The Bertz CT molecular complexity index is 342. The molecule has 1 fully saturated rings. The molecule has 1 atom stereocenters. The smallest absolute Gasteiger partial charge is 0.197 e. The summed E-state index contributed by atoms with van der Waals surface area (Å²) in [6, 6.07) is 0.525. The van der Waals surface area contributed by atoms with E-state index < -0.39 is 0 Å². The quantitative estimate of drug-likeness (QED) is 0.859. The first-order chi connectivity index (χ1) is 7.24. The molecule has 15 heavy (non-hydrogen) atoms. The molecule has 0 radical (unpaired) electrons. The second kappa shape index (κ2) is 4.49. The number of hydrogen-bond donors (Lipinski definition) is 1. The van der Waals surface area contributed by atoms with Gasteiger partial charge in [0.25, 0.3) is 0 Å². The average Bonchev–Trinajstić information content (AvgIpc) is 2.60. The SMILES string of the molecule is COc1c(N)nsc1N1CCSCC1C. The largest absolute Gasteiger partial charge is 0.490 e. The van der Waals surface area contributed by atoms with Crippen molar-refractivity contribution in [3.63, 3.8) is 0 Å². The highest BCUT2D eigenvalue weighted by atomic mass is 32.2. The molecule has 0 aromatic carbocycles. The highest BCUT2D eigenvalue weighted by molar-refractivity contribution is 7.99. The molecule has 0 aliphatic carbocycles. The van der Waals surface area contributed by atoms with Gasteiger partial charge >= 0.3 is 0 Å². The average molecular weight is 245 g/mol. The Balaban J connectivity index is 2.27. The van der Waals surface area contributed by atoms with E-state index in [0.717, 1.165) is 28.8 Å². The molecule has 0 saturated carbocycles. The minimum atomic E-state index is 0.503. The van der Waals surface area contributed by atoms with Crippen LogP contribution in [0.2, 0.25) is 0 Å². The second-order valence-corrected chi connectivity index (χ2v) is 5.43. The van der Waals surface area contributed by atoms with Crippen molar-refractivity contribution in [1.29, 1.82) is 0 Å². The summed E-state index contributed by atoms with van der Waals surface area (Å²) in [4.78, 5) is 2.34. The Morgan fingerprint density at radius 2 is 2.40 bits per heavy atom. The third-order valence-corrected chi connectivity index (χ3v) is 4.56. The van der Waals surface area contributed by atoms with E-state index in [0.29, 0.717) is 11.9 Å². The summed E-state index contributed by atoms with van der Waals surface area (Å²) in [6.45, 7) is 3.27. The van der Waals surface area contributed by atoms with Crippen molar-refractivity contribution in [1.82, 2.24) is 4.37 Å². The van der Waals surface area contributed by atoms with Crippen LogP contribution >= 0.6 is 23.3 Å². The first-order valence-corrected chi connectivity index (χ1v) is 6.80. The van der Waals surface area contributed by atoms with Crippen LogP contribution in [0.5, 0.6) is 5.75 Å². The molecule has 1 aliphatic rings. The van der Waals surface area contributed by atoms with Gasteiger partial charge in [0.1, 0.15) is 0 Å². The van der Waals surface area contributed by atoms with E-state index in [1.807, 2.05) is 11.8 Å². The Morgan fingerprint density at radius 1 is 1.60 bits per heavy atom. The van der Waals surface area contributed by atoms with E-state index in [9.17, 15) is 0 Å². The molecule has 0 spiro atoms. The van der Waals surface area contributed by atoms with Crippen molar-refractivity contribution in [2.45, 2.75) is 13.0 Å². The molecule has 1 aliphatic heterocycles. The Morgan fingerprint density at radius 3 is 3.07 bits per heavy atom. The number of nitrogens with two attached hydrogens (primary N) is 1. The zero-order chi connectivity index (χ0) is 10.8. The number of ether oxygens (including phenoxy) is 1. The van der Waals surface area contributed by atoms with Crippen LogP contribution in [-0.4, -0.2) is 35.6 Å². The summed E-state index contributed by atoms with van der Waals surface area (Å²) in [5.41, 5.74) is 5.75. The Hall–Kier alpha value is -0.620. The van der Waals surface area contributed by atoms with Crippen molar-refractivity contribution in [2.24, 2.45) is 0 Å². The van der Waals surface area contributed by atoms with Crippen LogP contribution in [0.15, 0.2) is 0 Å². The zero-order valence-electron chi connectivity index (χ0n) is 8.90. The minimum Gasteiger partial charge on any atom is -0.490 e. The van der Waals surface area contributed by atoms with E-state index >= 15 is 0 Å². The molecular weight excluding hydrogens is 230 g/mol. The fraction of sp³-hybridized carbons (Fsp3) is 0.667. The summed E-state index contributed by atoms with van der Waals surface area (Å²) in [5.74, 6) is 3.55. The number of methoxy groups -OCH3 is 1. The van der Waals surface area contributed by atoms with Crippen molar-refractivity contribution in [3.05, 3.63) is 0 Å². The molecule has 1 unspecified atom stereocenters. The van der Waals surface area contributed by atoms with Gasteiger partial charge in [-0.2, -0.15) is 16.1 Å². The van der Waals surface area contributed by atoms with Crippen LogP contribution in [0, 0.1) is 0 Å². The summed E-state index contributed by atoms with van der Waals surface area (Å²) in [6.07, 6.45) is 0. The van der Waals surface area contributed by atoms with Gasteiger partial charge in [0.05, 0.1) is 7.11 Å². The van der Waals surface area contributed by atoms with Crippen molar-refractivity contribution < 1.29 is 4.74 Å². The lowest BCUT2D eigenvalue weighted by Crippen LogP contribution is -2.40. The number of rotatable bonds is 2. The van der Waals surface area contributed by atoms with Gasteiger partial charge in [0, 0.05) is 24.1 Å². The monoisotopic (exact) mass is 245 g/mol. The van der Waals surface area contributed by atoms with Gasteiger partial charge in [-0.15, -0.1) is 0 Å². The van der Waals surface area contributed by atoms with Gasteiger partial charge in [-0.1, -0.05) is 0 Å². The number of aromatic nitrogens is 1. The van der Waals surface area contributed by atoms with Gasteiger partial charge in [-0.3, -0.25) is 0 Å². The first kappa shape index (κ1) is 10.9. The molecule has 6 heteroatoms. The van der Waals surface area contributed by atoms with Crippen LogP contribution in [0.25, 0.3) is 0 Å². The highest BCUT2D eigenvalue weighted by Gasteiger charge is 2.25. The lowest BCUT2D eigenvalue weighted by molar-refractivity contribution is 0.417. The zero-order valence-corrected chi connectivity index (χ0v) is 10.5. The number of hydrogen-bond acceptors (Lipinski definition) is 6. The Kier molecular flexibility index (Phi) is 3.25. The number of nitrogen functional groups attached to an aromatic ring is 1. The van der Waals surface area contributed by atoms with E-state index in [1.54, 1.807) is 7.11 Å². The number of thioether (sulfide) groups is 1. The maximum atomic E-state index is 5.75. The predicted molar refractivity (Wildman–Crippen MR) is 67.2 cm³/mol. The molecule has 1 aromatic heterocycles. The van der Waals surface area contributed by atoms with Crippen LogP contribution in [0.4, 0.5) is 10.8 Å². The first-order valence-electron chi connectivity index (χ1n) is 4.87. The molecule has 0 bridgehead atoms. The van der Waals surface area contributed by atoms with E-state index in [1.165, 1.54) is 11.5 Å². The molecule has 1 aromatic rings. The summed E-state index contributed by atoms with van der Waals surface area (Å²) in [7, 11) is 1.65. The standard InChI is InChI=1S/C9H15N3OS2/c1-6-5-14-4-3-12(6)9-7(13-2)8(10)11-15-9/h6H,3-5H2,1-2H3,(H2,10,11). The summed E-state index contributed by atoms with van der Waals surface area (Å²) >= 11 is 3.42. The lowest BCUT2D eigenvalue weighted by Gasteiger charge is -2.33. The lowest BCUT2D eigenvalue weighted by atomic mass is 10.3. The summed E-state index contributed by atoms with van der Waals surface area (Å²) < 4.78 is 9.44. The third kappa shape index (κ3) is 2.01. The molecule has 2 N–H and O–H groups in total. The van der Waals surface area contributed by atoms with Crippen LogP contribution in [-0.2, 0) is 0 Å². The predicted octanol–water partition coefficient (Wildman–Crippen LogP) is 1.68. The second-order valence-electron chi connectivity index (χ2n) is 3.52. The summed E-state index contributed by atoms with van der Waals surface area (Å²) in [5, 5.41) is 1.07. The molecule has 4 nitrogen and oxygen atoms in total. The highest BCUT2D eigenvalue weighted by Crippen LogP contribution is 2.40. The topological polar surface area (TPSA) is 51.4 Å².